The summed E-state index contributed by atoms with van der Waals surface area (Å²) in [6, 6.07) is 6.93. The number of hydrogen-bond acceptors (Lipinski definition) is 4. The number of carbonyl (C=O) groups excluding carboxylic acids is 1. The lowest BCUT2D eigenvalue weighted by Gasteiger charge is -2.08. The third kappa shape index (κ3) is 2.74. The third-order valence-electron chi connectivity index (χ3n) is 2.97. The molecule has 100 valence electrons. The molecule has 0 bridgehead atoms. The number of nitrogens with one attached hydrogen (secondary N) is 1. The highest BCUT2D eigenvalue weighted by Gasteiger charge is 2.12. The Morgan fingerprint density at radius 2 is 2.16 bits per heavy atom. The lowest BCUT2D eigenvalue weighted by molar-refractivity contribution is 0.0957. The van der Waals surface area contributed by atoms with Crippen LogP contribution in [0.5, 0.6) is 0 Å². The zero-order valence-corrected chi connectivity index (χ0v) is 11.6. The fourth-order valence-corrected chi connectivity index (χ4v) is 2.79. The van der Waals surface area contributed by atoms with E-state index in [0.717, 1.165) is 16.1 Å². The molecule has 0 radical (unpaired) electrons. The van der Waals surface area contributed by atoms with Gasteiger partial charge in [0.1, 0.15) is 0 Å². The molecule has 2 aromatic heterocycles. The average molecular weight is 277 g/mol. The molecule has 0 saturated heterocycles. The van der Waals surface area contributed by atoms with Gasteiger partial charge in [-0.25, -0.2) is 5.84 Å². The first-order chi connectivity index (χ1) is 9.02. The molecule has 0 atom stereocenters. The summed E-state index contributed by atoms with van der Waals surface area (Å²) in [6.45, 7) is 4.28. The van der Waals surface area contributed by atoms with E-state index in [0.29, 0.717) is 11.4 Å². The second-order valence-corrected chi connectivity index (χ2v) is 5.51. The second kappa shape index (κ2) is 5.38. The molecule has 0 aromatic carbocycles. The monoisotopic (exact) mass is 277 g/mol. The fourth-order valence-electron chi connectivity index (χ4n) is 1.86. The van der Waals surface area contributed by atoms with Gasteiger partial charge in [0.25, 0.3) is 11.5 Å². The van der Waals surface area contributed by atoms with Gasteiger partial charge >= 0.3 is 0 Å². The zero-order chi connectivity index (χ0) is 14.0. The smallest absolute Gasteiger partial charge is 0.275 e. The van der Waals surface area contributed by atoms with Crippen molar-refractivity contribution in [2.45, 2.75) is 20.4 Å². The van der Waals surface area contributed by atoms with E-state index in [4.69, 9.17) is 5.84 Å². The van der Waals surface area contributed by atoms with Crippen molar-refractivity contribution in [1.29, 1.82) is 0 Å². The van der Waals surface area contributed by atoms with Gasteiger partial charge in [-0.05, 0) is 31.5 Å². The largest absolute Gasteiger partial charge is 0.308 e. The van der Waals surface area contributed by atoms with E-state index in [9.17, 15) is 9.59 Å². The fraction of sp³-hybridized carbons (Fsp3) is 0.231. The van der Waals surface area contributed by atoms with E-state index in [1.807, 2.05) is 19.9 Å². The van der Waals surface area contributed by atoms with Crippen LogP contribution in [0.2, 0.25) is 0 Å². The van der Waals surface area contributed by atoms with Crippen LogP contribution in [0, 0.1) is 13.8 Å². The lowest BCUT2D eigenvalue weighted by atomic mass is 10.2. The third-order valence-corrected chi connectivity index (χ3v) is 4.06. The molecular formula is C13H15N3O2S. The summed E-state index contributed by atoms with van der Waals surface area (Å²) in [6.07, 6.45) is 0. The molecule has 2 rings (SSSR count). The Balaban J connectivity index is 2.37. The molecule has 5 nitrogen and oxygen atoms in total. The van der Waals surface area contributed by atoms with E-state index in [1.54, 1.807) is 16.7 Å². The highest BCUT2D eigenvalue weighted by Crippen LogP contribution is 2.22. The number of nitrogens with two attached hydrogens (primary N) is 1. The van der Waals surface area contributed by atoms with Crippen LogP contribution in [0.1, 0.15) is 25.8 Å². The molecular weight excluding hydrogens is 262 g/mol. The first kappa shape index (κ1) is 13.5. The predicted octanol–water partition coefficient (Wildman–Crippen LogP) is 1.18. The van der Waals surface area contributed by atoms with Gasteiger partial charge in [0.2, 0.25) is 0 Å². The van der Waals surface area contributed by atoms with Crippen molar-refractivity contribution in [3.05, 3.63) is 55.6 Å². The summed E-state index contributed by atoms with van der Waals surface area (Å²) in [5.74, 6) is 4.81. The standard InChI is InChI=1S/C13H15N3O2S/c1-8-4-3-5-12(17)16(8)7-10-6-11(13(18)15-14)19-9(10)2/h3-6H,7,14H2,1-2H3,(H,15,18). The van der Waals surface area contributed by atoms with Crippen LogP contribution in [-0.2, 0) is 6.54 Å². The lowest BCUT2D eigenvalue weighted by Crippen LogP contribution is -2.29. The maximum atomic E-state index is 11.8. The van der Waals surface area contributed by atoms with Crippen LogP contribution < -0.4 is 16.8 Å². The van der Waals surface area contributed by atoms with Gasteiger partial charge in [0.15, 0.2) is 0 Å². The van der Waals surface area contributed by atoms with Crippen molar-refractivity contribution < 1.29 is 4.79 Å². The number of carbonyl (C=O) groups is 1. The molecule has 3 N–H and O–H groups in total. The topological polar surface area (TPSA) is 77.1 Å². The number of pyridine rings is 1. The van der Waals surface area contributed by atoms with E-state index in [-0.39, 0.29) is 11.5 Å². The highest BCUT2D eigenvalue weighted by atomic mass is 32.1. The Morgan fingerprint density at radius 1 is 1.42 bits per heavy atom. The van der Waals surface area contributed by atoms with Crippen LogP contribution >= 0.6 is 11.3 Å². The molecule has 2 aromatic rings. The minimum absolute atomic E-state index is 0.0459. The van der Waals surface area contributed by atoms with Crippen molar-refractivity contribution in [2.75, 3.05) is 0 Å². The number of nitrogen functional groups attached to an aromatic ring is 1. The Hall–Kier alpha value is -1.92. The predicted molar refractivity (Wildman–Crippen MR) is 75.3 cm³/mol. The van der Waals surface area contributed by atoms with Gasteiger partial charge in [-0.3, -0.25) is 15.0 Å². The number of thiophene rings is 1. The van der Waals surface area contributed by atoms with E-state index in [1.165, 1.54) is 17.4 Å². The molecule has 1 amide bonds. The normalized spacial score (nSPS) is 10.5. The number of hydrogen-bond donors (Lipinski definition) is 2. The van der Waals surface area contributed by atoms with E-state index < -0.39 is 0 Å². The molecule has 0 aliphatic rings. The summed E-state index contributed by atoms with van der Waals surface area (Å²) in [4.78, 5) is 24.9. The van der Waals surface area contributed by atoms with Crippen LogP contribution in [0.4, 0.5) is 0 Å². The quantitative estimate of drug-likeness (QED) is 0.502. The van der Waals surface area contributed by atoms with Crippen molar-refractivity contribution in [1.82, 2.24) is 9.99 Å². The van der Waals surface area contributed by atoms with Gasteiger partial charge in [0, 0.05) is 16.6 Å². The maximum Gasteiger partial charge on any atom is 0.275 e. The summed E-state index contributed by atoms with van der Waals surface area (Å²) in [7, 11) is 0. The second-order valence-electron chi connectivity index (χ2n) is 4.26. The van der Waals surface area contributed by atoms with Gasteiger partial charge in [-0.15, -0.1) is 11.3 Å². The minimum Gasteiger partial charge on any atom is -0.308 e. The Bertz CT molecular complexity index is 673. The maximum absolute atomic E-state index is 11.8. The van der Waals surface area contributed by atoms with Crippen LogP contribution in [0.25, 0.3) is 0 Å². The van der Waals surface area contributed by atoms with Gasteiger partial charge < -0.3 is 4.57 Å². The molecule has 0 saturated carbocycles. The van der Waals surface area contributed by atoms with Crippen molar-refractivity contribution >= 4 is 17.2 Å². The molecule has 0 unspecified atom stereocenters. The molecule has 6 heteroatoms. The van der Waals surface area contributed by atoms with Crippen molar-refractivity contribution in [3.8, 4) is 0 Å². The molecule has 0 fully saturated rings. The number of hydrazine groups is 1. The molecule has 0 aliphatic carbocycles. The van der Waals surface area contributed by atoms with Crippen molar-refractivity contribution in [2.24, 2.45) is 5.84 Å². The molecule has 0 aliphatic heterocycles. The SMILES string of the molecule is Cc1sc(C(=O)NN)cc1Cn1c(C)cccc1=O. The van der Waals surface area contributed by atoms with Crippen LogP contribution in [0.3, 0.4) is 0 Å². The summed E-state index contributed by atoms with van der Waals surface area (Å²) in [5.41, 5.74) is 3.92. The minimum atomic E-state index is -0.309. The molecule has 0 spiro atoms. The number of aromatic nitrogens is 1. The summed E-state index contributed by atoms with van der Waals surface area (Å²) < 4.78 is 1.68. The number of aryl methyl sites for hydroxylation is 2. The Kier molecular flexibility index (Phi) is 3.82. The number of nitrogens with zero attached hydrogens (tertiary/aromatic N) is 1. The highest BCUT2D eigenvalue weighted by molar-refractivity contribution is 7.14. The first-order valence-electron chi connectivity index (χ1n) is 5.79. The van der Waals surface area contributed by atoms with Gasteiger partial charge in [-0.2, -0.15) is 0 Å². The Morgan fingerprint density at radius 3 is 2.79 bits per heavy atom. The molecule has 19 heavy (non-hydrogen) atoms. The van der Waals surface area contributed by atoms with Gasteiger partial charge in [-0.1, -0.05) is 6.07 Å². The van der Waals surface area contributed by atoms with Crippen LogP contribution in [0.15, 0.2) is 29.1 Å². The Labute approximate surface area is 114 Å². The number of rotatable bonds is 3. The van der Waals surface area contributed by atoms with Gasteiger partial charge in [0.05, 0.1) is 11.4 Å². The van der Waals surface area contributed by atoms with E-state index in [2.05, 4.69) is 5.43 Å². The zero-order valence-electron chi connectivity index (χ0n) is 10.8. The molecule has 2 heterocycles. The van der Waals surface area contributed by atoms with Crippen LogP contribution in [-0.4, -0.2) is 10.5 Å². The van der Waals surface area contributed by atoms with E-state index >= 15 is 0 Å². The number of amides is 1. The average Bonchev–Trinajstić information content (AvgIpc) is 2.74. The first-order valence-corrected chi connectivity index (χ1v) is 6.61. The summed E-state index contributed by atoms with van der Waals surface area (Å²) in [5, 5.41) is 0. The summed E-state index contributed by atoms with van der Waals surface area (Å²) >= 11 is 1.37. The van der Waals surface area contributed by atoms with Crippen molar-refractivity contribution in [3.63, 3.8) is 0 Å².